The monoisotopic (exact) mass is 300 g/mol. The first-order valence-electron chi connectivity index (χ1n) is 6.92. The van der Waals surface area contributed by atoms with Crippen LogP contribution in [-0.2, 0) is 6.54 Å². The van der Waals surface area contributed by atoms with Crippen LogP contribution in [0.3, 0.4) is 0 Å². The number of fused-ring (bicyclic) bond motifs is 1. The van der Waals surface area contributed by atoms with E-state index in [0.29, 0.717) is 0 Å². The third kappa shape index (κ3) is 3.16. The van der Waals surface area contributed by atoms with Gasteiger partial charge in [-0.25, -0.2) is 9.97 Å². The number of halogens is 1. The van der Waals surface area contributed by atoms with Crippen LogP contribution in [0, 0.1) is 13.8 Å². The molecule has 0 amide bonds. The van der Waals surface area contributed by atoms with Gasteiger partial charge in [0, 0.05) is 47.0 Å². The summed E-state index contributed by atoms with van der Waals surface area (Å²) >= 11 is 6.01. The van der Waals surface area contributed by atoms with Crippen molar-refractivity contribution in [3.05, 3.63) is 53.1 Å². The lowest BCUT2D eigenvalue weighted by atomic mass is 10.2. The maximum absolute atomic E-state index is 6.01. The molecule has 0 radical (unpaired) electrons. The van der Waals surface area contributed by atoms with Crippen LogP contribution in [0.15, 0.2) is 36.5 Å². The Labute approximate surface area is 128 Å². The van der Waals surface area contributed by atoms with Gasteiger partial charge in [-0.05, 0) is 38.1 Å². The van der Waals surface area contributed by atoms with Crippen LogP contribution in [0.2, 0.25) is 5.02 Å². The van der Waals surface area contributed by atoms with Crippen molar-refractivity contribution < 1.29 is 0 Å². The minimum atomic E-state index is 0.769. The molecule has 0 saturated heterocycles. The largest absolute Gasteiger partial charge is 0.368 e. The Morgan fingerprint density at radius 2 is 2.00 bits per heavy atom. The molecule has 1 N–H and O–H groups in total. The van der Waals surface area contributed by atoms with Crippen LogP contribution in [0.4, 0.5) is 5.82 Å². The van der Waals surface area contributed by atoms with E-state index >= 15 is 0 Å². The maximum Gasteiger partial charge on any atom is 0.129 e. The molecule has 2 heterocycles. The minimum Gasteiger partial charge on any atom is -0.368 e. The smallest absolute Gasteiger partial charge is 0.129 e. The Hall–Kier alpha value is -2.07. The first kappa shape index (κ1) is 13.9. The number of nitrogens with one attached hydrogen (secondary N) is 1. The van der Waals surface area contributed by atoms with E-state index in [-0.39, 0.29) is 0 Å². The van der Waals surface area contributed by atoms with Gasteiger partial charge in [0.05, 0.1) is 0 Å². The Morgan fingerprint density at radius 1 is 1.14 bits per heavy atom. The van der Waals surface area contributed by atoms with Crippen LogP contribution >= 0.6 is 11.6 Å². The molecule has 108 valence electrons. The predicted molar refractivity (Wildman–Crippen MR) is 86.9 cm³/mol. The van der Waals surface area contributed by atoms with E-state index in [1.54, 1.807) is 0 Å². The third-order valence-electron chi connectivity index (χ3n) is 3.36. The van der Waals surface area contributed by atoms with Gasteiger partial charge in [-0.2, -0.15) is 0 Å². The van der Waals surface area contributed by atoms with E-state index < -0.39 is 0 Å². The van der Waals surface area contributed by atoms with E-state index in [2.05, 4.69) is 38.2 Å². The van der Waals surface area contributed by atoms with Crippen molar-refractivity contribution in [3.8, 4) is 0 Å². The SMILES string of the molecule is Cc1cc(NCCn2ccc3cc(Cl)ccc32)nc(C)n1. The van der Waals surface area contributed by atoms with Crippen molar-refractivity contribution in [1.29, 1.82) is 0 Å². The highest BCUT2D eigenvalue weighted by molar-refractivity contribution is 6.31. The highest BCUT2D eigenvalue weighted by Crippen LogP contribution is 2.20. The second kappa shape index (κ2) is 5.74. The Balaban J connectivity index is 1.69. The Kier molecular flexibility index (Phi) is 3.80. The number of benzene rings is 1. The van der Waals surface area contributed by atoms with Gasteiger partial charge in [-0.3, -0.25) is 0 Å². The highest BCUT2D eigenvalue weighted by atomic mass is 35.5. The molecule has 2 aromatic heterocycles. The van der Waals surface area contributed by atoms with E-state index in [0.717, 1.165) is 40.8 Å². The van der Waals surface area contributed by atoms with E-state index in [4.69, 9.17) is 11.6 Å². The molecule has 21 heavy (non-hydrogen) atoms. The lowest BCUT2D eigenvalue weighted by Crippen LogP contribution is -2.11. The molecule has 0 aliphatic heterocycles. The summed E-state index contributed by atoms with van der Waals surface area (Å²) in [6, 6.07) is 10.0. The molecule has 3 rings (SSSR count). The van der Waals surface area contributed by atoms with E-state index in [1.165, 1.54) is 5.52 Å². The topological polar surface area (TPSA) is 42.7 Å². The first-order chi connectivity index (χ1) is 10.1. The molecule has 1 aromatic carbocycles. The van der Waals surface area contributed by atoms with Crippen molar-refractivity contribution in [3.63, 3.8) is 0 Å². The molecular weight excluding hydrogens is 284 g/mol. The predicted octanol–water partition coefficient (Wildman–Crippen LogP) is 3.81. The number of rotatable bonds is 4. The second-order valence-corrected chi connectivity index (χ2v) is 5.52. The van der Waals surface area contributed by atoms with Crippen molar-refractivity contribution in [1.82, 2.24) is 14.5 Å². The zero-order valence-electron chi connectivity index (χ0n) is 12.1. The standard InChI is InChI=1S/C16H17ClN4/c1-11-9-16(20-12(2)19-11)18-6-8-21-7-5-13-10-14(17)3-4-15(13)21/h3-5,7,9-10H,6,8H2,1-2H3,(H,18,19,20). The maximum atomic E-state index is 6.01. The van der Waals surface area contributed by atoms with Gasteiger partial charge >= 0.3 is 0 Å². The van der Waals surface area contributed by atoms with Crippen LogP contribution < -0.4 is 5.32 Å². The van der Waals surface area contributed by atoms with Gasteiger partial charge in [0.25, 0.3) is 0 Å². The van der Waals surface area contributed by atoms with Crippen molar-refractivity contribution in [2.45, 2.75) is 20.4 Å². The number of nitrogens with zero attached hydrogens (tertiary/aromatic N) is 3. The number of aromatic nitrogens is 3. The highest BCUT2D eigenvalue weighted by Gasteiger charge is 2.02. The Morgan fingerprint density at radius 3 is 2.81 bits per heavy atom. The molecule has 0 atom stereocenters. The molecule has 0 aliphatic rings. The summed E-state index contributed by atoms with van der Waals surface area (Å²) in [7, 11) is 0. The van der Waals surface area contributed by atoms with E-state index in [1.807, 2.05) is 32.0 Å². The summed E-state index contributed by atoms with van der Waals surface area (Å²) in [6.45, 7) is 5.56. The molecule has 0 unspecified atom stereocenters. The lowest BCUT2D eigenvalue weighted by molar-refractivity contribution is 0.754. The molecule has 0 bridgehead atoms. The summed E-state index contributed by atoms with van der Waals surface area (Å²) in [5, 5.41) is 5.27. The van der Waals surface area contributed by atoms with Crippen molar-refractivity contribution in [2.75, 3.05) is 11.9 Å². The third-order valence-corrected chi connectivity index (χ3v) is 3.59. The summed E-state index contributed by atoms with van der Waals surface area (Å²) < 4.78 is 2.21. The average Bonchev–Trinajstić information content (AvgIpc) is 2.80. The van der Waals surface area contributed by atoms with Gasteiger partial charge in [-0.1, -0.05) is 11.6 Å². The van der Waals surface area contributed by atoms with Gasteiger partial charge in [0.1, 0.15) is 11.6 Å². The summed E-state index contributed by atoms with van der Waals surface area (Å²) in [6.07, 6.45) is 2.08. The average molecular weight is 301 g/mol. The summed E-state index contributed by atoms with van der Waals surface area (Å²) in [4.78, 5) is 8.65. The van der Waals surface area contributed by atoms with Gasteiger partial charge in [0.2, 0.25) is 0 Å². The molecule has 3 aromatic rings. The zero-order chi connectivity index (χ0) is 14.8. The molecule has 0 saturated carbocycles. The summed E-state index contributed by atoms with van der Waals surface area (Å²) in [5.74, 6) is 1.66. The van der Waals surface area contributed by atoms with Crippen LogP contribution in [-0.4, -0.2) is 21.1 Å². The molecule has 0 fully saturated rings. The normalized spacial score (nSPS) is 11.0. The molecule has 0 aliphatic carbocycles. The van der Waals surface area contributed by atoms with Gasteiger partial charge in [-0.15, -0.1) is 0 Å². The lowest BCUT2D eigenvalue weighted by Gasteiger charge is -2.09. The van der Waals surface area contributed by atoms with Gasteiger partial charge < -0.3 is 9.88 Å². The van der Waals surface area contributed by atoms with Crippen LogP contribution in [0.1, 0.15) is 11.5 Å². The number of anilines is 1. The number of hydrogen-bond acceptors (Lipinski definition) is 3. The van der Waals surface area contributed by atoms with Crippen molar-refractivity contribution in [2.24, 2.45) is 0 Å². The molecule has 5 heteroatoms. The van der Waals surface area contributed by atoms with Gasteiger partial charge in [0.15, 0.2) is 0 Å². The zero-order valence-corrected chi connectivity index (χ0v) is 12.9. The quantitative estimate of drug-likeness (QED) is 0.796. The minimum absolute atomic E-state index is 0.769. The fourth-order valence-electron chi connectivity index (χ4n) is 2.48. The second-order valence-electron chi connectivity index (χ2n) is 5.08. The molecular formula is C16H17ClN4. The van der Waals surface area contributed by atoms with Crippen LogP contribution in [0.5, 0.6) is 0 Å². The first-order valence-corrected chi connectivity index (χ1v) is 7.30. The Bertz CT molecular complexity index is 759. The number of hydrogen-bond donors (Lipinski definition) is 1. The molecule has 4 nitrogen and oxygen atoms in total. The van der Waals surface area contributed by atoms with E-state index in [9.17, 15) is 0 Å². The summed E-state index contributed by atoms with van der Waals surface area (Å²) in [5.41, 5.74) is 2.17. The van der Waals surface area contributed by atoms with Crippen molar-refractivity contribution >= 4 is 28.3 Å². The fraction of sp³-hybridized carbons (Fsp3) is 0.250. The van der Waals surface area contributed by atoms with Crippen LogP contribution in [0.25, 0.3) is 10.9 Å². The number of aryl methyl sites for hydroxylation is 2. The molecule has 0 spiro atoms. The fourth-order valence-corrected chi connectivity index (χ4v) is 2.66.